The summed E-state index contributed by atoms with van der Waals surface area (Å²) < 4.78 is 5.00. The van der Waals surface area contributed by atoms with Gasteiger partial charge in [0.05, 0.1) is 7.11 Å². The Labute approximate surface area is 118 Å². The van der Waals surface area contributed by atoms with Gasteiger partial charge in [-0.1, -0.05) is 26.8 Å². The number of hydrogen-bond acceptors (Lipinski definition) is 3. The summed E-state index contributed by atoms with van der Waals surface area (Å²) in [6.45, 7) is 6.01. The highest BCUT2D eigenvalue weighted by Crippen LogP contribution is 2.20. The Hall–Kier alpha value is -2.04. The molecule has 1 rings (SSSR count). The molecule has 1 aromatic carbocycles. The van der Waals surface area contributed by atoms with Crippen molar-refractivity contribution in [3.63, 3.8) is 0 Å². The van der Waals surface area contributed by atoms with Gasteiger partial charge in [0, 0.05) is 12.0 Å². The molecular formula is C15H21NO4. The number of rotatable bonds is 5. The van der Waals surface area contributed by atoms with Crippen molar-refractivity contribution in [1.29, 1.82) is 0 Å². The van der Waals surface area contributed by atoms with E-state index in [2.05, 4.69) is 5.32 Å². The van der Waals surface area contributed by atoms with Crippen molar-refractivity contribution in [2.45, 2.75) is 27.2 Å². The van der Waals surface area contributed by atoms with Gasteiger partial charge in [-0.15, -0.1) is 0 Å². The average molecular weight is 279 g/mol. The summed E-state index contributed by atoms with van der Waals surface area (Å²) in [7, 11) is 1.44. The zero-order valence-electron chi connectivity index (χ0n) is 12.3. The Morgan fingerprint density at radius 3 is 2.45 bits per heavy atom. The fourth-order valence-electron chi connectivity index (χ4n) is 1.66. The highest BCUT2D eigenvalue weighted by Gasteiger charge is 2.20. The monoisotopic (exact) mass is 279 g/mol. The fourth-order valence-corrected chi connectivity index (χ4v) is 1.66. The average Bonchev–Trinajstić information content (AvgIpc) is 2.37. The van der Waals surface area contributed by atoms with Crippen molar-refractivity contribution in [3.05, 3.63) is 29.3 Å². The summed E-state index contributed by atoms with van der Waals surface area (Å²) in [5.74, 6) is -0.716. The number of amides is 1. The van der Waals surface area contributed by atoms with Crippen LogP contribution in [0.5, 0.6) is 5.75 Å². The number of carbonyl (C=O) groups excluding carboxylic acids is 1. The highest BCUT2D eigenvalue weighted by molar-refractivity contribution is 5.91. The zero-order valence-corrected chi connectivity index (χ0v) is 12.3. The van der Waals surface area contributed by atoms with Crippen LogP contribution >= 0.6 is 0 Å². The molecule has 0 aliphatic heterocycles. The molecule has 5 heteroatoms. The second-order valence-electron chi connectivity index (χ2n) is 5.60. The van der Waals surface area contributed by atoms with Crippen LogP contribution in [0.15, 0.2) is 18.2 Å². The van der Waals surface area contributed by atoms with Gasteiger partial charge in [0.15, 0.2) is 0 Å². The molecule has 0 aromatic heterocycles. The standard InChI is InChI=1S/C15H21NO4/c1-15(2,3)14(19)16-8-7-10-5-6-12(20-4)11(9-10)13(17)18/h5-6,9H,7-8H2,1-4H3,(H,16,19)(H,17,18). The van der Waals surface area contributed by atoms with Crippen molar-refractivity contribution in [2.75, 3.05) is 13.7 Å². The van der Waals surface area contributed by atoms with Crippen LogP contribution in [0.4, 0.5) is 0 Å². The molecule has 5 nitrogen and oxygen atoms in total. The minimum atomic E-state index is -1.03. The topological polar surface area (TPSA) is 75.6 Å². The van der Waals surface area contributed by atoms with E-state index in [1.165, 1.54) is 7.11 Å². The number of carboxylic acids is 1. The summed E-state index contributed by atoms with van der Waals surface area (Å²) in [5.41, 5.74) is 0.552. The molecule has 0 aliphatic carbocycles. The van der Waals surface area contributed by atoms with Crippen molar-refractivity contribution in [3.8, 4) is 5.75 Å². The Balaban J connectivity index is 2.68. The van der Waals surface area contributed by atoms with Crippen LogP contribution in [-0.4, -0.2) is 30.6 Å². The lowest BCUT2D eigenvalue weighted by Crippen LogP contribution is -2.35. The summed E-state index contributed by atoms with van der Waals surface area (Å²) >= 11 is 0. The molecule has 0 bridgehead atoms. The molecule has 1 aromatic rings. The maximum Gasteiger partial charge on any atom is 0.339 e. The predicted octanol–water partition coefficient (Wildman–Crippen LogP) is 2.10. The molecule has 110 valence electrons. The molecule has 0 heterocycles. The van der Waals surface area contributed by atoms with Gasteiger partial charge in [0.1, 0.15) is 11.3 Å². The van der Waals surface area contributed by atoms with Crippen LogP contribution in [0.25, 0.3) is 0 Å². The minimum Gasteiger partial charge on any atom is -0.496 e. The number of aromatic carboxylic acids is 1. The third-order valence-corrected chi connectivity index (χ3v) is 2.87. The number of ether oxygens (including phenoxy) is 1. The highest BCUT2D eigenvalue weighted by atomic mass is 16.5. The van der Waals surface area contributed by atoms with Gasteiger partial charge in [-0.3, -0.25) is 4.79 Å². The molecule has 0 aliphatic rings. The molecule has 2 N–H and O–H groups in total. The molecule has 0 unspecified atom stereocenters. The van der Waals surface area contributed by atoms with E-state index in [-0.39, 0.29) is 11.5 Å². The number of nitrogens with one attached hydrogen (secondary N) is 1. The van der Waals surface area contributed by atoms with Gasteiger partial charge in [-0.05, 0) is 24.1 Å². The molecule has 0 saturated carbocycles. The Morgan fingerprint density at radius 1 is 1.30 bits per heavy atom. The SMILES string of the molecule is COc1ccc(CCNC(=O)C(C)(C)C)cc1C(=O)O. The maximum absolute atomic E-state index is 11.7. The number of carbonyl (C=O) groups is 2. The van der Waals surface area contributed by atoms with Crippen molar-refractivity contribution in [2.24, 2.45) is 5.41 Å². The van der Waals surface area contributed by atoms with Gasteiger partial charge in [0.2, 0.25) is 5.91 Å². The lowest BCUT2D eigenvalue weighted by Gasteiger charge is -2.17. The summed E-state index contributed by atoms with van der Waals surface area (Å²) in [5, 5.41) is 11.9. The quantitative estimate of drug-likeness (QED) is 0.865. The first-order valence-corrected chi connectivity index (χ1v) is 6.44. The first-order valence-electron chi connectivity index (χ1n) is 6.44. The minimum absolute atomic E-state index is 0.0236. The zero-order chi connectivity index (χ0) is 15.3. The maximum atomic E-state index is 11.7. The van der Waals surface area contributed by atoms with Crippen LogP contribution in [-0.2, 0) is 11.2 Å². The lowest BCUT2D eigenvalue weighted by molar-refractivity contribution is -0.128. The van der Waals surface area contributed by atoms with Gasteiger partial charge in [-0.25, -0.2) is 4.79 Å². The van der Waals surface area contributed by atoms with Crippen LogP contribution < -0.4 is 10.1 Å². The van der Waals surface area contributed by atoms with E-state index in [9.17, 15) is 9.59 Å². The van der Waals surface area contributed by atoms with E-state index in [1.807, 2.05) is 20.8 Å². The first-order chi connectivity index (χ1) is 9.25. The van der Waals surface area contributed by atoms with E-state index in [0.717, 1.165) is 5.56 Å². The van der Waals surface area contributed by atoms with E-state index < -0.39 is 11.4 Å². The Morgan fingerprint density at radius 2 is 1.95 bits per heavy atom. The van der Waals surface area contributed by atoms with Gasteiger partial charge in [-0.2, -0.15) is 0 Å². The first kappa shape index (κ1) is 16.0. The summed E-state index contributed by atoms with van der Waals surface area (Å²) in [6.07, 6.45) is 0.575. The number of methoxy groups -OCH3 is 1. The molecule has 0 fully saturated rings. The molecule has 0 radical (unpaired) electrons. The molecule has 0 saturated heterocycles. The number of hydrogen-bond donors (Lipinski definition) is 2. The van der Waals surface area contributed by atoms with Crippen molar-refractivity contribution in [1.82, 2.24) is 5.32 Å². The van der Waals surface area contributed by atoms with Crippen LogP contribution in [0.3, 0.4) is 0 Å². The summed E-state index contributed by atoms with van der Waals surface area (Å²) in [6, 6.07) is 5.00. The van der Waals surface area contributed by atoms with E-state index in [4.69, 9.17) is 9.84 Å². The predicted molar refractivity (Wildman–Crippen MR) is 76.1 cm³/mol. The third kappa shape index (κ3) is 4.26. The molecular weight excluding hydrogens is 258 g/mol. The molecule has 0 atom stereocenters. The molecule has 1 amide bonds. The second kappa shape index (κ2) is 6.41. The van der Waals surface area contributed by atoms with Gasteiger partial charge in [0.25, 0.3) is 0 Å². The summed E-state index contributed by atoms with van der Waals surface area (Å²) in [4.78, 5) is 22.8. The fraction of sp³-hybridized carbons (Fsp3) is 0.467. The van der Waals surface area contributed by atoms with Crippen molar-refractivity contribution < 1.29 is 19.4 Å². The second-order valence-corrected chi connectivity index (χ2v) is 5.60. The third-order valence-electron chi connectivity index (χ3n) is 2.87. The number of carboxylic acid groups (broad SMARTS) is 1. The van der Waals surface area contributed by atoms with Crippen molar-refractivity contribution >= 4 is 11.9 Å². The molecule has 20 heavy (non-hydrogen) atoms. The number of benzene rings is 1. The van der Waals surface area contributed by atoms with Gasteiger partial charge >= 0.3 is 5.97 Å². The van der Waals surface area contributed by atoms with E-state index in [1.54, 1.807) is 18.2 Å². The van der Waals surface area contributed by atoms with Crippen LogP contribution in [0.1, 0.15) is 36.7 Å². The Bertz CT molecular complexity index is 503. The molecule has 0 spiro atoms. The van der Waals surface area contributed by atoms with Crippen LogP contribution in [0.2, 0.25) is 0 Å². The van der Waals surface area contributed by atoms with Gasteiger partial charge < -0.3 is 15.2 Å². The lowest BCUT2D eigenvalue weighted by atomic mass is 9.95. The Kier molecular flexibility index (Phi) is 5.13. The van der Waals surface area contributed by atoms with Crippen LogP contribution in [0, 0.1) is 5.41 Å². The van der Waals surface area contributed by atoms with E-state index >= 15 is 0 Å². The van der Waals surface area contributed by atoms with E-state index in [0.29, 0.717) is 18.7 Å². The largest absolute Gasteiger partial charge is 0.496 e. The smallest absolute Gasteiger partial charge is 0.339 e. The normalized spacial score (nSPS) is 11.0.